The number of ether oxygens (including phenoxy) is 2. The molecular formula is C23H36O4S. The van der Waals surface area contributed by atoms with Gasteiger partial charge in [0, 0.05) is 11.3 Å². The molecule has 0 fully saturated rings. The van der Waals surface area contributed by atoms with E-state index in [1.807, 2.05) is 56.8 Å². The second-order valence-electron chi connectivity index (χ2n) is 8.03. The van der Waals surface area contributed by atoms with E-state index in [0.29, 0.717) is 12.0 Å². The number of hydrogen-bond donors (Lipinski definition) is 0. The van der Waals surface area contributed by atoms with Crippen LogP contribution in [0.5, 0.6) is 0 Å². The molecule has 1 aromatic carbocycles. The van der Waals surface area contributed by atoms with Gasteiger partial charge in [0.05, 0.1) is 12.7 Å². The van der Waals surface area contributed by atoms with Gasteiger partial charge in [-0.15, -0.1) is 11.8 Å². The van der Waals surface area contributed by atoms with Gasteiger partial charge in [0.2, 0.25) is 0 Å². The minimum Gasteiger partial charge on any atom is -0.469 e. The Kier molecular flexibility index (Phi) is 12.0. The highest BCUT2D eigenvalue weighted by Crippen LogP contribution is 2.22. The van der Waals surface area contributed by atoms with Gasteiger partial charge in [0.1, 0.15) is 5.60 Å². The van der Waals surface area contributed by atoms with Crippen molar-refractivity contribution in [1.29, 1.82) is 0 Å². The van der Waals surface area contributed by atoms with E-state index in [9.17, 15) is 9.59 Å². The van der Waals surface area contributed by atoms with E-state index < -0.39 is 5.60 Å². The maximum absolute atomic E-state index is 12.0. The summed E-state index contributed by atoms with van der Waals surface area (Å²) in [4.78, 5) is 24.2. The number of carbonyl (C=O) groups is 2. The molecule has 0 bridgehead atoms. The summed E-state index contributed by atoms with van der Waals surface area (Å²) in [6.45, 7) is 5.63. The lowest BCUT2D eigenvalue weighted by molar-refractivity contribution is -0.140. The largest absolute Gasteiger partial charge is 0.469 e. The molecule has 158 valence electrons. The van der Waals surface area contributed by atoms with E-state index >= 15 is 0 Å². The fraction of sp³-hybridized carbons (Fsp3) is 0.652. The van der Waals surface area contributed by atoms with Gasteiger partial charge in [-0.2, -0.15) is 0 Å². The molecule has 1 rings (SSSR count). The van der Waals surface area contributed by atoms with Crippen LogP contribution in [0, 0.1) is 0 Å². The van der Waals surface area contributed by atoms with Crippen molar-refractivity contribution in [1.82, 2.24) is 0 Å². The van der Waals surface area contributed by atoms with E-state index in [-0.39, 0.29) is 11.9 Å². The van der Waals surface area contributed by atoms with Crippen LogP contribution in [0.1, 0.15) is 88.9 Å². The molecule has 28 heavy (non-hydrogen) atoms. The molecule has 0 aromatic heterocycles. The monoisotopic (exact) mass is 408 g/mol. The lowest BCUT2D eigenvalue weighted by atomic mass is 10.1. The fourth-order valence-corrected chi connectivity index (χ4v) is 3.66. The minimum atomic E-state index is -0.465. The number of benzene rings is 1. The fourth-order valence-electron chi connectivity index (χ4n) is 2.75. The number of hydrogen-bond acceptors (Lipinski definition) is 5. The molecule has 0 spiro atoms. The molecule has 0 unspecified atom stereocenters. The Balaban J connectivity index is 2.04. The van der Waals surface area contributed by atoms with Gasteiger partial charge in [-0.3, -0.25) is 4.79 Å². The molecule has 0 N–H and O–H groups in total. The van der Waals surface area contributed by atoms with Crippen molar-refractivity contribution in [2.75, 3.05) is 12.9 Å². The van der Waals surface area contributed by atoms with Crippen LogP contribution in [0.2, 0.25) is 0 Å². The summed E-state index contributed by atoms with van der Waals surface area (Å²) in [7, 11) is 1.44. The summed E-state index contributed by atoms with van der Waals surface area (Å²) < 4.78 is 10.0. The van der Waals surface area contributed by atoms with Crippen LogP contribution in [0.3, 0.4) is 0 Å². The van der Waals surface area contributed by atoms with Crippen molar-refractivity contribution in [3.8, 4) is 0 Å². The molecule has 5 heteroatoms. The Bertz CT molecular complexity index is 575. The zero-order chi connectivity index (χ0) is 20.8. The highest BCUT2D eigenvalue weighted by Gasteiger charge is 2.17. The number of esters is 2. The normalized spacial score (nSPS) is 11.3. The Labute approximate surface area is 174 Å². The Morgan fingerprint density at radius 3 is 1.93 bits per heavy atom. The van der Waals surface area contributed by atoms with Crippen molar-refractivity contribution in [2.45, 2.75) is 89.1 Å². The molecule has 0 radical (unpaired) electrons. The lowest BCUT2D eigenvalue weighted by Gasteiger charge is -2.19. The first-order chi connectivity index (χ1) is 13.3. The summed E-state index contributed by atoms with van der Waals surface area (Å²) in [6.07, 6.45) is 10.1. The molecule has 0 amide bonds. The number of unbranched alkanes of at least 4 members (excludes halogenated alkanes) is 7. The quantitative estimate of drug-likeness (QED) is 0.214. The third-order valence-electron chi connectivity index (χ3n) is 4.26. The smallest absolute Gasteiger partial charge is 0.338 e. The zero-order valence-corrected chi connectivity index (χ0v) is 18.7. The van der Waals surface area contributed by atoms with Crippen LogP contribution < -0.4 is 0 Å². The number of methoxy groups -OCH3 is 1. The van der Waals surface area contributed by atoms with Gasteiger partial charge in [0.25, 0.3) is 0 Å². The topological polar surface area (TPSA) is 52.6 Å². The van der Waals surface area contributed by atoms with Gasteiger partial charge >= 0.3 is 11.9 Å². The number of carbonyl (C=O) groups excluding carboxylic acids is 2. The summed E-state index contributed by atoms with van der Waals surface area (Å²) >= 11 is 1.84. The van der Waals surface area contributed by atoms with E-state index in [2.05, 4.69) is 4.74 Å². The highest BCUT2D eigenvalue weighted by atomic mass is 32.2. The maximum atomic E-state index is 12.0. The van der Waals surface area contributed by atoms with Crippen molar-refractivity contribution in [3.05, 3.63) is 29.8 Å². The van der Waals surface area contributed by atoms with Crippen LogP contribution >= 0.6 is 11.8 Å². The van der Waals surface area contributed by atoms with Crippen molar-refractivity contribution < 1.29 is 19.1 Å². The van der Waals surface area contributed by atoms with Crippen molar-refractivity contribution in [3.63, 3.8) is 0 Å². The van der Waals surface area contributed by atoms with Gasteiger partial charge < -0.3 is 9.47 Å². The van der Waals surface area contributed by atoms with Gasteiger partial charge in [-0.1, -0.05) is 38.5 Å². The predicted octanol–water partition coefficient (Wildman–Crippen LogP) is 6.42. The Morgan fingerprint density at radius 2 is 1.39 bits per heavy atom. The summed E-state index contributed by atoms with van der Waals surface area (Å²) in [5.41, 5.74) is 0.138. The van der Waals surface area contributed by atoms with Crippen LogP contribution in [0.4, 0.5) is 0 Å². The van der Waals surface area contributed by atoms with Gasteiger partial charge in [-0.05, 0) is 63.6 Å². The second-order valence-corrected chi connectivity index (χ2v) is 9.20. The van der Waals surface area contributed by atoms with E-state index in [0.717, 1.165) is 18.6 Å². The molecule has 0 aliphatic carbocycles. The third-order valence-corrected chi connectivity index (χ3v) is 5.36. The Morgan fingerprint density at radius 1 is 0.857 bits per heavy atom. The zero-order valence-electron chi connectivity index (χ0n) is 17.9. The first-order valence-corrected chi connectivity index (χ1v) is 11.3. The third kappa shape index (κ3) is 12.1. The second kappa shape index (κ2) is 13.6. The van der Waals surface area contributed by atoms with Crippen LogP contribution in [-0.4, -0.2) is 30.4 Å². The maximum Gasteiger partial charge on any atom is 0.338 e. The highest BCUT2D eigenvalue weighted by molar-refractivity contribution is 7.99. The number of thioether (sulfide) groups is 1. The molecule has 1 aromatic rings. The molecule has 0 saturated carbocycles. The summed E-state index contributed by atoms with van der Waals surface area (Å²) in [5, 5.41) is 0. The minimum absolute atomic E-state index is 0.100. The molecule has 0 saturated heterocycles. The number of rotatable bonds is 13. The van der Waals surface area contributed by atoms with Crippen LogP contribution in [0.25, 0.3) is 0 Å². The molecule has 0 atom stereocenters. The standard InChI is InChI=1S/C23H36O4S/c1-23(2,3)27-22(25)19-14-16-20(17-15-19)28-18-12-10-8-6-5-7-9-11-13-21(24)26-4/h14-17H,5-13,18H2,1-4H3. The molecule has 0 aliphatic rings. The molecule has 0 heterocycles. The van der Waals surface area contributed by atoms with Gasteiger partial charge in [-0.25, -0.2) is 4.79 Å². The van der Waals surface area contributed by atoms with Gasteiger partial charge in [0.15, 0.2) is 0 Å². The van der Waals surface area contributed by atoms with E-state index in [1.165, 1.54) is 50.5 Å². The predicted molar refractivity (Wildman–Crippen MR) is 116 cm³/mol. The van der Waals surface area contributed by atoms with Crippen molar-refractivity contribution >= 4 is 23.7 Å². The average Bonchev–Trinajstić information content (AvgIpc) is 2.65. The SMILES string of the molecule is COC(=O)CCCCCCCCCCSc1ccc(C(=O)OC(C)(C)C)cc1. The average molecular weight is 409 g/mol. The summed E-state index contributed by atoms with van der Waals surface area (Å²) in [6, 6.07) is 7.68. The van der Waals surface area contributed by atoms with E-state index in [4.69, 9.17) is 4.74 Å². The summed E-state index contributed by atoms with van der Waals surface area (Å²) in [5.74, 6) is 0.733. The Hall–Kier alpha value is -1.49. The first kappa shape index (κ1) is 24.5. The van der Waals surface area contributed by atoms with Crippen molar-refractivity contribution in [2.24, 2.45) is 0 Å². The molecule has 4 nitrogen and oxygen atoms in total. The molecular weight excluding hydrogens is 372 g/mol. The molecule has 0 aliphatic heterocycles. The van der Waals surface area contributed by atoms with Crippen LogP contribution in [0.15, 0.2) is 29.2 Å². The lowest BCUT2D eigenvalue weighted by Crippen LogP contribution is -2.23. The van der Waals surface area contributed by atoms with E-state index in [1.54, 1.807) is 0 Å². The van der Waals surface area contributed by atoms with Crippen LogP contribution in [-0.2, 0) is 14.3 Å². The first-order valence-electron chi connectivity index (χ1n) is 10.3.